The third-order valence-corrected chi connectivity index (χ3v) is 7.18. The van der Waals surface area contributed by atoms with Gasteiger partial charge in [0.1, 0.15) is 17.5 Å². The molecule has 1 saturated heterocycles. The molecule has 6 rings (SSSR count). The van der Waals surface area contributed by atoms with Crippen LogP contribution < -0.4 is 15.0 Å². The lowest BCUT2D eigenvalue weighted by atomic mass is 9.96. The molecular formula is C24H25FN6O. The first-order valence-corrected chi connectivity index (χ1v) is 11.1. The van der Waals surface area contributed by atoms with Gasteiger partial charge in [-0.2, -0.15) is 9.97 Å². The second-order valence-electron chi connectivity index (χ2n) is 9.14. The molecule has 2 aromatic heterocycles. The fourth-order valence-electron chi connectivity index (χ4n) is 5.58. The number of ether oxygens (including phenoxy) is 1. The third kappa shape index (κ3) is 3.00. The molecule has 1 saturated carbocycles. The van der Waals surface area contributed by atoms with Crippen molar-refractivity contribution in [3.63, 3.8) is 0 Å². The lowest BCUT2D eigenvalue weighted by molar-refractivity contribution is 0.402. The van der Waals surface area contributed by atoms with Crippen molar-refractivity contribution in [3.8, 4) is 22.9 Å². The Hall–Kier alpha value is -3.29. The molecule has 1 aliphatic heterocycles. The molecule has 3 aromatic rings. The first kappa shape index (κ1) is 19.4. The van der Waals surface area contributed by atoms with Crippen molar-refractivity contribution in [1.29, 1.82) is 0 Å². The summed E-state index contributed by atoms with van der Waals surface area (Å²) in [5.41, 5.74) is 4.51. The van der Waals surface area contributed by atoms with E-state index in [1.54, 1.807) is 24.5 Å². The van der Waals surface area contributed by atoms with Gasteiger partial charge in [-0.1, -0.05) is 6.92 Å². The van der Waals surface area contributed by atoms with Crippen LogP contribution in [0.3, 0.4) is 0 Å². The maximum atomic E-state index is 14.5. The maximum Gasteiger partial charge on any atom is 0.324 e. The van der Waals surface area contributed by atoms with E-state index in [0.717, 1.165) is 52.8 Å². The average molecular weight is 433 g/mol. The SMILES string of the molecule is CNc1cc(F)cc2c1Cc1nc(Oc3cnc(C)nc3)nc(N3C[C@H]4C[C@@H]3C[C@H]4C)c1-2. The normalized spacial score (nSPS) is 22.8. The van der Waals surface area contributed by atoms with Crippen molar-refractivity contribution in [2.75, 3.05) is 23.8 Å². The fraction of sp³-hybridized carbons (Fsp3) is 0.417. The number of benzene rings is 1. The number of aromatic nitrogens is 4. The predicted octanol–water partition coefficient (Wildman–Crippen LogP) is 4.35. The zero-order chi connectivity index (χ0) is 22.0. The summed E-state index contributed by atoms with van der Waals surface area (Å²) in [4.78, 5) is 20.4. The minimum Gasteiger partial charge on any atom is -0.421 e. The molecule has 164 valence electrons. The van der Waals surface area contributed by atoms with E-state index < -0.39 is 0 Å². The molecule has 32 heavy (non-hydrogen) atoms. The predicted molar refractivity (Wildman–Crippen MR) is 120 cm³/mol. The summed E-state index contributed by atoms with van der Waals surface area (Å²) in [6, 6.07) is 3.88. The topological polar surface area (TPSA) is 76.1 Å². The molecule has 0 radical (unpaired) electrons. The zero-order valence-electron chi connectivity index (χ0n) is 18.4. The van der Waals surface area contributed by atoms with Crippen LogP contribution in [0.25, 0.3) is 11.1 Å². The molecule has 0 amide bonds. The molecule has 8 heteroatoms. The van der Waals surface area contributed by atoms with Crippen molar-refractivity contribution in [2.45, 2.75) is 39.2 Å². The molecule has 1 aromatic carbocycles. The Bertz CT molecular complexity index is 1210. The van der Waals surface area contributed by atoms with Crippen molar-refractivity contribution >= 4 is 11.5 Å². The lowest BCUT2D eigenvalue weighted by Gasteiger charge is -2.32. The van der Waals surface area contributed by atoms with Crippen molar-refractivity contribution < 1.29 is 9.13 Å². The van der Waals surface area contributed by atoms with E-state index in [9.17, 15) is 4.39 Å². The summed E-state index contributed by atoms with van der Waals surface area (Å²) in [7, 11) is 1.82. The van der Waals surface area contributed by atoms with Crippen LogP contribution in [0.1, 0.15) is 36.8 Å². The van der Waals surface area contributed by atoms with Crippen LogP contribution in [0, 0.1) is 24.6 Å². The van der Waals surface area contributed by atoms with Gasteiger partial charge in [0.15, 0.2) is 5.75 Å². The van der Waals surface area contributed by atoms with Gasteiger partial charge >= 0.3 is 6.01 Å². The molecule has 3 heterocycles. The van der Waals surface area contributed by atoms with Crippen molar-refractivity contribution in [2.24, 2.45) is 11.8 Å². The van der Waals surface area contributed by atoms with Crippen LogP contribution in [0.5, 0.6) is 11.8 Å². The monoisotopic (exact) mass is 432 g/mol. The molecule has 1 N–H and O–H groups in total. The fourth-order valence-corrected chi connectivity index (χ4v) is 5.58. The minimum absolute atomic E-state index is 0.263. The van der Waals surface area contributed by atoms with Crippen LogP contribution in [0.2, 0.25) is 0 Å². The summed E-state index contributed by atoms with van der Waals surface area (Å²) in [6.45, 7) is 5.13. The first-order valence-electron chi connectivity index (χ1n) is 11.1. The number of rotatable bonds is 4. The molecular weight excluding hydrogens is 407 g/mol. The van der Waals surface area contributed by atoms with E-state index in [1.165, 1.54) is 6.42 Å². The highest BCUT2D eigenvalue weighted by Crippen LogP contribution is 2.50. The van der Waals surface area contributed by atoms with Crippen LogP contribution in [-0.2, 0) is 6.42 Å². The van der Waals surface area contributed by atoms with Gasteiger partial charge < -0.3 is 15.0 Å². The summed E-state index contributed by atoms with van der Waals surface area (Å²) in [5, 5.41) is 3.13. The number of halogens is 1. The second-order valence-corrected chi connectivity index (χ2v) is 9.14. The lowest BCUT2D eigenvalue weighted by Crippen LogP contribution is -2.35. The number of nitrogens with one attached hydrogen (secondary N) is 1. The molecule has 2 aliphatic carbocycles. The summed E-state index contributed by atoms with van der Waals surface area (Å²) in [6.07, 6.45) is 6.20. The van der Waals surface area contributed by atoms with Gasteiger partial charge in [-0.05, 0) is 54.9 Å². The summed E-state index contributed by atoms with van der Waals surface area (Å²) >= 11 is 0. The third-order valence-electron chi connectivity index (χ3n) is 7.18. The molecule has 2 fully saturated rings. The van der Waals surface area contributed by atoms with Gasteiger partial charge in [0.05, 0.1) is 18.1 Å². The Morgan fingerprint density at radius 1 is 1.16 bits per heavy atom. The number of fused-ring (bicyclic) bond motifs is 5. The minimum atomic E-state index is -0.263. The van der Waals surface area contributed by atoms with E-state index in [1.807, 2.05) is 14.0 Å². The Labute approximate surface area is 186 Å². The zero-order valence-corrected chi connectivity index (χ0v) is 18.4. The number of hydrogen-bond donors (Lipinski definition) is 1. The van der Waals surface area contributed by atoms with E-state index in [-0.39, 0.29) is 11.8 Å². The highest BCUT2D eigenvalue weighted by molar-refractivity contribution is 5.88. The summed E-state index contributed by atoms with van der Waals surface area (Å²) < 4.78 is 20.5. The van der Waals surface area contributed by atoms with Crippen LogP contribution in [-0.4, -0.2) is 39.6 Å². The van der Waals surface area contributed by atoms with Gasteiger partial charge in [-0.15, -0.1) is 0 Å². The van der Waals surface area contributed by atoms with Crippen LogP contribution >= 0.6 is 0 Å². The average Bonchev–Trinajstić information content (AvgIpc) is 3.46. The van der Waals surface area contributed by atoms with E-state index in [0.29, 0.717) is 30.0 Å². The Morgan fingerprint density at radius 3 is 2.66 bits per heavy atom. The second kappa shape index (κ2) is 7.12. The van der Waals surface area contributed by atoms with Gasteiger partial charge in [0.2, 0.25) is 0 Å². The van der Waals surface area contributed by atoms with Crippen molar-refractivity contribution in [3.05, 3.63) is 47.4 Å². The molecule has 2 bridgehead atoms. The highest BCUT2D eigenvalue weighted by Gasteiger charge is 2.45. The number of hydrogen-bond acceptors (Lipinski definition) is 7. The van der Waals surface area contributed by atoms with Gasteiger partial charge in [0, 0.05) is 37.3 Å². The molecule has 3 aliphatic rings. The Morgan fingerprint density at radius 2 is 1.97 bits per heavy atom. The Balaban J connectivity index is 1.48. The van der Waals surface area contributed by atoms with Gasteiger partial charge in [-0.3, -0.25) is 0 Å². The highest BCUT2D eigenvalue weighted by atomic mass is 19.1. The summed E-state index contributed by atoms with van der Waals surface area (Å²) in [5.74, 6) is 3.15. The molecule has 3 atom stereocenters. The van der Waals surface area contributed by atoms with E-state index >= 15 is 0 Å². The Kier molecular flexibility index (Phi) is 4.31. The quantitative estimate of drug-likeness (QED) is 0.514. The van der Waals surface area contributed by atoms with E-state index in [4.69, 9.17) is 14.7 Å². The molecule has 0 unspecified atom stereocenters. The smallest absolute Gasteiger partial charge is 0.324 e. The van der Waals surface area contributed by atoms with Gasteiger partial charge in [-0.25, -0.2) is 14.4 Å². The standard InChI is InChI=1S/C24H25FN6O/c1-12-4-16-5-14(12)11-31(16)23-22-19-6-15(25)7-20(26-3)18(19)8-21(22)29-24(30-23)32-17-9-27-13(2)28-10-17/h6-7,9-10,12,14,16,26H,4-5,8,11H2,1-3H3/t12-,14-,16+/m1/s1. The first-order chi connectivity index (χ1) is 15.5. The number of nitrogens with zero attached hydrogens (tertiary/aromatic N) is 5. The largest absolute Gasteiger partial charge is 0.421 e. The number of anilines is 2. The molecule has 7 nitrogen and oxygen atoms in total. The van der Waals surface area contributed by atoms with Crippen molar-refractivity contribution in [1.82, 2.24) is 19.9 Å². The maximum absolute atomic E-state index is 14.5. The van der Waals surface area contributed by atoms with Gasteiger partial charge in [0.25, 0.3) is 0 Å². The molecule has 0 spiro atoms. The van der Waals surface area contributed by atoms with Crippen LogP contribution in [0.4, 0.5) is 15.9 Å². The van der Waals surface area contributed by atoms with Crippen LogP contribution in [0.15, 0.2) is 24.5 Å². The number of piperidine rings is 1. The number of aryl methyl sites for hydroxylation is 1. The van der Waals surface area contributed by atoms with E-state index in [2.05, 4.69) is 27.1 Å².